The topological polar surface area (TPSA) is 34.2 Å². The van der Waals surface area contributed by atoms with E-state index in [-0.39, 0.29) is 0 Å². The molecule has 2 aromatic rings. The molecule has 0 unspecified atom stereocenters. The van der Waals surface area contributed by atoms with Gasteiger partial charge in [0.25, 0.3) is 6.43 Å². The Balaban J connectivity index is 2.29. The average Bonchev–Trinajstić information content (AvgIpc) is 2.67. The van der Waals surface area contributed by atoms with Crippen molar-refractivity contribution in [2.75, 3.05) is 13.7 Å². The van der Waals surface area contributed by atoms with Crippen LogP contribution in [-0.2, 0) is 11.3 Å². The molecule has 98 valence electrons. The Labute approximate surface area is 104 Å². The summed E-state index contributed by atoms with van der Waals surface area (Å²) in [5.74, 6) is 0.491. The second kappa shape index (κ2) is 5.35. The largest absolute Gasteiger partial charge is 0.487 e. The Morgan fingerprint density at radius 3 is 2.72 bits per heavy atom. The number of alkyl halides is 2. The molecule has 1 N–H and O–H groups in total. The zero-order valence-electron chi connectivity index (χ0n) is 10.3. The first kappa shape index (κ1) is 12.8. The third-order valence-electron chi connectivity index (χ3n) is 2.64. The smallest absolute Gasteiger partial charge is 0.272 e. The zero-order chi connectivity index (χ0) is 13.1. The molecule has 0 saturated carbocycles. The normalized spacial score (nSPS) is 11.4. The summed E-state index contributed by atoms with van der Waals surface area (Å²) in [4.78, 5) is 3.20. The molecule has 0 spiro atoms. The number of methoxy groups -OCH3 is 1. The van der Waals surface area contributed by atoms with Crippen LogP contribution in [0.5, 0.6) is 5.75 Å². The number of aromatic amines is 1. The lowest BCUT2D eigenvalue weighted by molar-refractivity contribution is 0.0816. The van der Waals surface area contributed by atoms with Crippen molar-refractivity contribution in [2.24, 2.45) is 0 Å². The molecule has 0 atom stereocenters. The number of aryl methyl sites for hydroxylation is 1. The van der Waals surface area contributed by atoms with Crippen molar-refractivity contribution >= 4 is 10.9 Å². The highest BCUT2D eigenvalue weighted by molar-refractivity contribution is 5.83. The SMILES string of the molecule is COCc1cc2cc(OCC(F)F)c(C)cc2[nH]1. The third-order valence-corrected chi connectivity index (χ3v) is 2.64. The summed E-state index contributed by atoms with van der Waals surface area (Å²) in [6, 6.07) is 5.57. The number of fused-ring (bicyclic) bond motifs is 1. The summed E-state index contributed by atoms with van der Waals surface area (Å²) in [6.45, 7) is 1.74. The van der Waals surface area contributed by atoms with Gasteiger partial charge in [-0.05, 0) is 30.7 Å². The molecule has 2 rings (SSSR count). The molecule has 0 aliphatic heterocycles. The fraction of sp³-hybridized carbons (Fsp3) is 0.385. The van der Waals surface area contributed by atoms with Gasteiger partial charge in [-0.3, -0.25) is 0 Å². The Morgan fingerprint density at radius 2 is 2.06 bits per heavy atom. The quantitative estimate of drug-likeness (QED) is 0.889. The molecular weight excluding hydrogens is 240 g/mol. The molecule has 0 saturated heterocycles. The molecule has 3 nitrogen and oxygen atoms in total. The van der Waals surface area contributed by atoms with Gasteiger partial charge in [-0.15, -0.1) is 0 Å². The molecule has 0 aliphatic rings. The molecular formula is C13H15F2NO2. The van der Waals surface area contributed by atoms with E-state index in [9.17, 15) is 8.78 Å². The average molecular weight is 255 g/mol. The highest BCUT2D eigenvalue weighted by Crippen LogP contribution is 2.26. The summed E-state index contributed by atoms with van der Waals surface area (Å²) in [7, 11) is 1.62. The zero-order valence-corrected chi connectivity index (χ0v) is 10.3. The number of nitrogens with one attached hydrogen (secondary N) is 1. The van der Waals surface area contributed by atoms with Gasteiger partial charge in [0, 0.05) is 23.7 Å². The van der Waals surface area contributed by atoms with Crippen molar-refractivity contribution in [3.05, 3.63) is 29.5 Å². The van der Waals surface area contributed by atoms with Crippen LogP contribution in [0.1, 0.15) is 11.3 Å². The van der Waals surface area contributed by atoms with E-state index in [1.807, 2.05) is 19.1 Å². The van der Waals surface area contributed by atoms with E-state index < -0.39 is 13.0 Å². The molecule has 1 aromatic heterocycles. The van der Waals surface area contributed by atoms with Crippen LogP contribution in [0.3, 0.4) is 0 Å². The fourth-order valence-corrected chi connectivity index (χ4v) is 1.87. The first-order valence-electron chi connectivity index (χ1n) is 5.62. The van der Waals surface area contributed by atoms with Crippen molar-refractivity contribution in [3.63, 3.8) is 0 Å². The van der Waals surface area contributed by atoms with Crippen LogP contribution in [0, 0.1) is 6.92 Å². The first-order chi connectivity index (χ1) is 8.60. The number of H-pyrrole nitrogens is 1. The predicted octanol–water partition coefficient (Wildman–Crippen LogP) is 3.27. The third kappa shape index (κ3) is 2.79. The standard InChI is InChI=1S/C13H15F2NO2/c1-8-3-11-9(4-10(16-11)6-17-2)5-12(8)18-7-13(14)15/h3-5,13,16H,6-7H2,1-2H3. The van der Waals surface area contributed by atoms with Crippen molar-refractivity contribution < 1.29 is 18.3 Å². The molecule has 1 heterocycles. The maximum atomic E-state index is 12.1. The molecule has 0 amide bonds. The molecule has 0 fully saturated rings. The summed E-state index contributed by atoms with van der Waals surface area (Å²) >= 11 is 0. The number of hydrogen-bond donors (Lipinski definition) is 1. The van der Waals surface area contributed by atoms with Crippen LogP contribution in [-0.4, -0.2) is 25.1 Å². The van der Waals surface area contributed by atoms with Gasteiger partial charge in [-0.25, -0.2) is 8.78 Å². The van der Waals surface area contributed by atoms with E-state index in [0.717, 1.165) is 22.2 Å². The van der Waals surface area contributed by atoms with Crippen LogP contribution in [0.4, 0.5) is 8.78 Å². The Kier molecular flexibility index (Phi) is 3.81. The second-order valence-corrected chi connectivity index (χ2v) is 4.13. The monoisotopic (exact) mass is 255 g/mol. The minimum Gasteiger partial charge on any atom is -0.487 e. The number of rotatable bonds is 5. The van der Waals surface area contributed by atoms with Crippen LogP contribution in [0.15, 0.2) is 18.2 Å². The maximum absolute atomic E-state index is 12.1. The van der Waals surface area contributed by atoms with E-state index in [4.69, 9.17) is 9.47 Å². The van der Waals surface area contributed by atoms with Crippen molar-refractivity contribution in [1.29, 1.82) is 0 Å². The van der Waals surface area contributed by atoms with Crippen molar-refractivity contribution in [3.8, 4) is 5.75 Å². The predicted molar refractivity (Wildman–Crippen MR) is 65.2 cm³/mol. The number of ether oxygens (including phenoxy) is 2. The van der Waals surface area contributed by atoms with Gasteiger partial charge in [0.2, 0.25) is 0 Å². The number of halogens is 2. The summed E-state index contributed by atoms with van der Waals surface area (Å²) in [5.41, 5.74) is 2.72. The summed E-state index contributed by atoms with van der Waals surface area (Å²) in [5, 5.41) is 0.928. The summed E-state index contributed by atoms with van der Waals surface area (Å²) < 4.78 is 34.4. The van der Waals surface area contributed by atoms with Crippen LogP contribution in [0.25, 0.3) is 10.9 Å². The van der Waals surface area contributed by atoms with Crippen molar-refractivity contribution in [1.82, 2.24) is 4.98 Å². The van der Waals surface area contributed by atoms with Gasteiger partial charge in [0.05, 0.1) is 6.61 Å². The summed E-state index contributed by atoms with van der Waals surface area (Å²) in [6.07, 6.45) is -2.46. The lowest BCUT2D eigenvalue weighted by Crippen LogP contribution is -2.07. The lowest BCUT2D eigenvalue weighted by Gasteiger charge is -2.08. The minimum absolute atomic E-state index is 0.487. The van der Waals surface area contributed by atoms with Crippen LogP contribution in [0.2, 0.25) is 0 Å². The first-order valence-corrected chi connectivity index (χ1v) is 5.62. The molecule has 5 heteroatoms. The number of hydrogen-bond acceptors (Lipinski definition) is 2. The Morgan fingerprint density at radius 1 is 1.28 bits per heavy atom. The van der Waals surface area contributed by atoms with Crippen molar-refractivity contribution in [2.45, 2.75) is 20.0 Å². The lowest BCUT2D eigenvalue weighted by atomic mass is 10.1. The molecule has 0 bridgehead atoms. The molecule has 1 aromatic carbocycles. The van der Waals surface area contributed by atoms with Crippen LogP contribution >= 0.6 is 0 Å². The highest BCUT2D eigenvalue weighted by atomic mass is 19.3. The van der Waals surface area contributed by atoms with E-state index in [0.29, 0.717) is 12.4 Å². The molecule has 18 heavy (non-hydrogen) atoms. The highest BCUT2D eigenvalue weighted by Gasteiger charge is 2.09. The maximum Gasteiger partial charge on any atom is 0.272 e. The van der Waals surface area contributed by atoms with Crippen LogP contribution < -0.4 is 4.74 Å². The second-order valence-electron chi connectivity index (χ2n) is 4.13. The molecule has 0 aliphatic carbocycles. The Bertz CT molecular complexity index is 537. The van der Waals surface area contributed by atoms with Gasteiger partial charge < -0.3 is 14.5 Å². The van der Waals surface area contributed by atoms with Gasteiger partial charge in [0.1, 0.15) is 12.4 Å². The Hall–Kier alpha value is -1.62. The van der Waals surface area contributed by atoms with Gasteiger partial charge in [-0.1, -0.05) is 0 Å². The number of benzene rings is 1. The van der Waals surface area contributed by atoms with Gasteiger partial charge in [0.15, 0.2) is 0 Å². The van der Waals surface area contributed by atoms with Gasteiger partial charge >= 0.3 is 0 Å². The van der Waals surface area contributed by atoms with E-state index in [1.54, 1.807) is 13.2 Å². The minimum atomic E-state index is -2.46. The molecule has 0 radical (unpaired) electrons. The van der Waals surface area contributed by atoms with E-state index in [2.05, 4.69) is 4.98 Å². The fourth-order valence-electron chi connectivity index (χ4n) is 1.87. The van der Waals surface area contributed by atoms with E-state index >= 15 is 0 Å². The van der Waals surface area contributed by atoms with Gasteiger partial charge in [-0.2, -0.15) is 0 Å². The number of aromatic nitrogens is 1. The van der Waals surface area contributed by atoms with E-state index in [1.165, 1.54) is 0 Å².